The Morgan fingerprint density at radius 3 is 2.78 bits per heavy atom. The van der Waals surface area contributed by atoms with Crippen LogP contribution in [0, 0.1) is 0 Å². The molecule has 0 aliphatic heterocycles. The Bertz CT molecular complexity index is 875. The molecule has 2 aromatic heterocycles. The summed E-state index contributed by atoms with van der Waals surface area (Å²) in [7, 11) is 0. The van der Waals surface area contributed by atoms with E-state index in [2.05, 4.69) is 10.1 Å². The molecule has 0 spiro atoms. The highest BCUT2D eigenvalue weighted by molar-refractivity contribution is 7.10. The number of benzene rings is 1. The molecule has 8 heteroatoms. The molecular formula is C15H11Cl2N3O2S. The van der Waals surface area contributed by atoms with E-state index >= 15 is 0 Å². The van der Waals surface area contributed by atoms with Crippen molar-refractivity contribution in [1.82, 2.24) is 14.8 Å². The second-order valence-electron chi connectivity index (χ2n) is 4.89. The van der Waals surface area contributed by atoms with E-state index in [-0.39, 0.29) is 11.6 Å². The minimum Gasteiger partial charge on any atom is -0.478 e. The van der Waals surface area contributed by atoms with E-state index in [1.165, 1.54) is 23.7 Å². The molecule has 2 heterocycles. The molecule has 0 fully saturated rings. The van der Waals surface area contributed by atoms with E-state index in [0.29, 0.717) is 10.0 Å². The van der Waals surface area contributed by atoms with Crippen molar-refractivity contribution in [2.45, 2.75) is 13.0 Å². The van der Waals surface area contributed by atoms with Crippen molar-refractivity contribution in [1.29, 1.82) is 0 Å². The van der Waals surface area contributed by atoms with Crippen LogP contribution < -0.4 is 0 Å². The van der Waals surface area contributed by atoms with Crippen LogP contribution in [0.15, 0.2) is 36.0 Å². The Kier molecular flexibility index (Phi) is 4.39. The van der Waals surface area contributed by atoms with Crippen LogP contribution in [0.4, 0.5) is 0 Å². The third-order valence-electron chi connectivity index (χ3n) is 3.34. The summed E-state index contributed by atoms with van der Waals surface area (Å²) in [4.78, 5) is 15.5. The molecule has 23 heavy (non-hydrogen) atoms. The lowest BCUT2D eigenvalue weighted by Gasteiger charge is -2.08. The lowest BCUT2D eigenvalue weighted by molar-refractivity contribution is 0.0696. The van der Waals surface area contributed by atoms with Gasteiger partial charge in [0.05, 0.1) is 27.5 Å². The maximum absolute atomic E-state index is 10.9. The van der Waals surface area contributed by atoms with Crippen LogP contribution in [0.1, 0.15) is 28.3 Å². The number of aromatic carboxylic acids is 1. The Labute approximate surface area is 146 Å². The fourth-order valence-electron chi connectivity index (χ4n) is 2.04. The summed E-state index contributed by atoms with van der Waals surface area (Å²) in [6.45, 7) is 1.91. The maximum Gasteiger partial charge on any atom is 0.338 e. The topological polar surface area (TPSA) is 68.0 Å². The van der Waals surface area contributed by atoms with Gasteiger partial charge in [-0.1, -0.05) is 29.3 Å². The zero-order valence-electron chi connectivity index (χ0n) is 11.9. The Balaban J connectivity index is 1.88. The highest BCUT2D eigenvalue weighted by Crippen LogP contribution is 2.31. The normalized spacial score (nSPS) is 12.3. The smallest absolute Gasteiger partial charge is 0.338 e. The fraction of sp³-hybridized carbons (Fsp3) is 0.133. The van der Waals surface area contributed by atoms with Crippen molar-refractivity contribution in [2.75, 3.05) is 0 Å². The van der Waals surface area contributed by atoms with Crippen LogP contribution in [0.3, 0.4) is 0 Å². The van der Waals surface area contributed by atoms with Crippen LogP contribution in [-0.2, 0) is 0 Å². The van der Waals surface area contributed by atoms with Crippen molar-refractivity contribution < 1.29 is 9.90 Å². The first-order valence-electron chi connectivity index (χ1n) is 6.64. The zero-order valence-corrected chi connectivity index (χ0v) is 14.2. The molecule has 1 N–H and O–H groups in total. The molecule has 118 valence electrons. The van der Waals surface area contributed by atoms with Crippen LogP contribution in [0.25, 0.3) is 11.3 Å². The van der Waals surface area contributed by atoms with Crippen LogP contribution in [0.5, 0.6) is 0 Å². The quantitative estimate of drug-likeness (QED) is 0.730. The Morgan fingerprint density at radius 2 is 2.13 bits per heavy atom. The number of halogens is 2. The molecule has 0 saturated heterocycles. The average molecular weight is 368 g/mol. The minimum atomic E-state index is -1.00. The van der Waals surface area contributed by atoms with Crippen molar-refractivity contribution in [3.05, 3.63) is 56.6 Å². The van der Waals surface area contributed by atoms with Crippen molar-refractivity contribution in [3.8, 4) is 11.3 Å². The summed E-state index contributed by atoms with van der Waals surface area (Å²) >= 11 is 13.4. The first kappa shape index (κ1) is 16.0. The monoisotopic (exact) mass is 367 g/mol. The second-order valence-corrected chi connectivity index (χ2v) is 6.59. The lowest BCUT2D eigenvalue weighted by atomic mass is 10.2. The minimum absolute atomic E-state index is 0.151. The standard InChI is InChI=1S/C15H11Cl2N3O2S/c1-8(20-6-10(5-18-20)15(21)22)14-19-13(7-23-14)9-2-3-11(16)12(17)4-9/h2-8H,1H3,(H,21,22). The SMILES string of the molecule is CC(c1nc(-c2ccc(Cl)c(Cl)c2)cs1)n1cc(C(=O)O)cn1. The van der Waals surface area contributed by atoms with Gasteiger partial charge in [0.1, 0.15) is 11.0 Å². The summed E-state index contributed by atoms with van der Waals surface area (Å²) in [5.74, 6) is -1.00. The molecule has 1 atom stereocenters. The zero-order chi connectivity index (χ0) is 16.6. The van der Waals surface area contributed by atoms with Gasteiger partial charge >= 0.3 is 5.97 Å². The highest BCUT2D eigenvalue weighted by Gasteiger charge is 2.16. The number of rotatable bonds is 4. The average Bonchev–Trinajstić information content (AvgIpc) is 3.18. The van der Waals surface area contributed by atoms with Gasteiger partial charge in [-0.15, -0.1) is 11.3 Å². The van der Waals surface area contributed by atoms with Gasteiger partial charge in [-0.2, -0.15) is 5.10 Å². The summed E-state index contributed by atoms with van der Waals surface area (Å²) in [6.07, 6.45) is 2.82. The molecule has 3 aromatic rings. The molecule has 0 aliphatic rings. The van der Waals surface area contributed by atoms with Gasteiger partial charge in [-0.25, -0.2) is 9.78 Å². The number of carboxylic acids is 1. The number of aromatic nitrogens is 3. The molecule has 0 radical (unpaired) electrons. The third-order valence-corrected chi connectivity index (χ3v) is 5.09. The van der Waals surface area contributed by atoms with Crippen molar-refractivity contribution >= 4 is 40.5 Å². The van der Waals surface area contributed by atoms with Gasteiger partial charge in [-0.05, 0) is 19.1 Å². The number of hydrogen-bond donors (Lipinski definition) is 1. The van der Waals surface area contributed by atoms with Gasteiger partial charge in [0.2, 0.25) is 0 Å². The van der Waals surface area contributed by atoms with E-state index in [1.807, 2.05) is 18.4 Å². The molecule has 0 saturated carbocycles. The second kappa shape index (κ2) is 6.31. The van der Waals surface area contributed by atoms with Gasteiger partial charge in [0, 0.05) is 17.1 Å². The summed E-state index contributed by atoms with van der Waals surface area (Å²) in [6, 6.07) is 5.19. The van der Waals surface area contributed by atoms with Gasteiger partial charge in [0.25, 0.3) is 0 Å². The van der Waals surface area contributed by atoms with E-state index in [4.69, 9.17) is 28.3 Å². The predicted molar refractivity (Wildman–Crippen MR) is 90.6 cm³/mol. The summed E-state index contributed by atoms with van der Waals surface area (Å²) in [5.41, 5.74) is 1.82. The molecule has 0 aliphatic carbocycles. The van der Waals surface area contributed by atoms with E-state index < -0.39 is 5.97 Å². The number of nitrogens with zero attached hydrogens (tertiary/aromatic N) is 3. The van der Waals surface area contributed by atoms with E-state index in [9.17, 15) is 4.79 Å². The maximum atomic E-state index is 10.9. The van der Waals surface area contributed by atoms with Crippen LogP contribution >= 0.6 is 34.5 Å². The molecule has 0 bridgehead atoms. The molecule has 1 unspecified atom stereocenters. The largest absolute Gasteiger partial charge is 0.478 e. The van der Waals surface area contributed by atoms with Crippen molar-refractivity contribution in [2.24, 2.45) is 0 Å². The van der Waals surface area contributed by atoms with Crippen LogP contribution in [-0.4, -0.2) is 25.8 Å². The number of thiazole rings is 1. The lowest BCUT2D eigenvalue weighted by Crippen LogP contribution is -2.07. The molecule has 3 rings (SSSR count). The number of carbonyl (C=O) groups is 1. The summed E-state index contributed by atoms with van der Waals surface area (Å²) < 4.78 is 1.58. The van der Waals surface area contributed by atoms with Gasteiger partial charge in [-0.3, -0.25) is 4.68 Å². The molecule has 1 aromatic carbocycles. The molecular weight excluding hydrogens is 357 g/mol. The number of hydrogen-bond acceptors (Lipinski definition) is 4. The van der Waals surface area contributed by atoms with E-state index in [1.54, 1.807) is 16.8 Å². The fourth-order valence-corrected chi connectivity index (χ4v) is 3.22. The molecule has 0 amide bonds. The number of carboxylic acid groups (broad SMARTS) is 1. The summed E-state index contributed by atoms with van der Waals surface area (Å²) in [5, 5.41) is 16.8. The van der Waals surface area contributed by atoms with E-state index in [0.717, 1.165) is 16.3 Å². The highest BCUT2D eigenvalue weighted by atomic mass is 35.5. The first-order valence-corrected chi connectivity index (χ1v) is 8.27. The predicted octanol–water partition coefficient (Wildman–Crippen LogP) is 4.62. The van der Waals surface area contributed by atoms with Crippen molar-refractivity contribution in [3.63, 3.8) is 0 Å². The van der Waals surface area contributed by atoms with Gasteiger partial charge < -0.3 is 5.11 Å². The Hall–Kier alpha value is -1.89. The molecule has 5 nitrogen and oxygen atoms in total. The van der Waals surface area contributed by atoms with Crippen LogP contribution in [0.2, 0.25) is 10.0 Å². The first-order chi connectivity index (χ1) is 11.0. The van der Waals surface area contributed by atoms with Gasteiger partial charge in [0.15, 0.2) is 0 Å². The third kappa shape index (κ3) is 3.24. The Morgan fingerprint density at radius 1 is 1.35 bits per heavy atom.